The van der Waals surface area contributed by atoms with Crippen LogP contribution in [0.15, 0.2) is 47.5 Å². The highest BCUT2D eigenvalue weighted by Gasteiger charge is 2.06. The van der Waals surface area contributed by atoms with Crippen molar-refractivity contribution in [1.82, 2.24) is 16.0 Å². The third-order valence-electron chi connectivity index (χ3n) is 4.23. The van der Waals surface area contributed by atoms with E-state index in [9.17, 15) is 4.79 Å². The number of aliphatic imine (C=N–C) groups is 1. The summed E-state index contributed by atoms with van der Waals surface area (Å²) in [6, 6.07) is 13.8. The average Bonchev–Trinajstić information content (AvgIpc) is 2.70. The molecule has 2 rings (SSSR count). The Morgan fingerprint density at radius 2 is 1.93 bits per heavy atom. The number of rotatable bonds is 7. The van der Waals surface area contributed by atoms with E-state index in [-0.39, 0.29) is 29.9 Å². The van der Waals surface area contributed by atoms with Gasteiger partial charge in [0, 0.05) is 38.3 Å². The smallest absolute Gasteiger partial charge is 0.251 e. The Hall–Kier alpha value is -2.29. The maximum absolute atomic E-state index is 11.7. The minimum atomic E-state index is -0.0747. The van der Waals surface area contributed by atoms with Gasteiger partial charge in [0.2, 0.25) is 0 Å². The molecule has 152 valence electrons. The van der Waals surface area contributed by atoms with E-state index in [1.165, 1.54) is 0 Å². The molecular weight excluding hydrogens is 467 g/mol. The predicted molar refractivity (Wildman–Crippen MR) is 125 cm³/mol. The van der Waals surface area contributed by atoms with Crippen molar-refractivity contribution in [1.29, 1.82) is 0 Å². The summed E-state index contributed by atoms with van der Waals surface area (Å²) in [5.74, 6) is 1.51. The minimum Gasteiger partial charge on any atom is -0.496 e. The maximum Gasteiger partial charge on any atom is 0.251 e. The number of methoxy groups -OCH3 is 1. The summed E-state index contributed by atoms with van der Waals surface area (Å²) in [6.07, 6.45) is 0.791. The Balaban J connectivity index is 0.00000392. The van der Waals surface area contributed by atoms with E-state index in [1.807, 2.05) is 37.3 Å². The van der Waals surface area contributed by atoms with Crippen molar-refractivity contribution in [2.45, 2.75) is 19.9 Å². The summed E-state index contributed by atoms with van der Waals surface area (Å²) < 4.78 is 5.44. The van der Waals surface area contributed by atoms with Crippen molar-refractivity contribution in [3.63, 3.8) is 0 Å². The molecule has 0 atom stereocenters. The van der Waals surface area contributed by atoms with Crippen molar-refractivity contribution >= 4 is 35.8 Å². The van der Waals surface area contributed by atoms with Gasteiger partial charge in [-0.05, 0) is 42.7 Å². The van der Waals surface area contributed by atoms with Gasteiger partial charge in [0.1, 0.15) is 5.75 Å². The van der Waals surface area contributed by atoms with Gasteiger partial charge in [-0.3, -0.25) is 9.79 Å². The third-order valence-corrected chi connectivity index (χ3v) is 4.23. The second kappa shape index (κ2) is 12.2. The van der Waals surface area contributed by atoms with Crippen LogP contribution in [0.25, 0.3) is 0 Å². The van der Waals surface area contributed by atoms with Crippen LogP contribution in [0.2, 0.25) is 0 Å². The topological polar surface area (TPSA) is 74.8 Å². The molecule has 28 heavy (non-hydrogen) atoms. The molecule has 0 aliphatic heterocycles. The number of amides is 1. The Labute approximate surface area is 184 Å². The summed E-state index contributed by atoms with van der Waals surface area (Å²) in [5, 5.41) is 9.24. The molecule has 2 aromatic carbocycles. The van der Waals surface area contributed by atoms with Gasteiger partial charge in [-0.2, -0.15) is 0 Å². The number of hydrogen-bond acceptors (Lipinski definition) is 3. The Kier molecular flexibility index (Phi) is 10.4. The highest BCUT2D eigenvalue weighted by Crippen LogP contribution is 2.19. The molecule has 0 heterocycles. The number of ether oxygens (including phenoxy) is 1. The van der Waals surface area contributed by atoms with Gasteiger partial charge in [-0.1, -0.05) is 24.3 Å². The zero-order valence-electron chi connectivity index (χ0n) is 16.8. The SMILES string of the molecule is CN=C(NCCc1cccc(C(=O)NC)c1)NCc1ccc(C)cc1OC.I. The largest absolute Gasteiger partial charge is 0.496 e. The molecule has 0 saturated heterocycles. The molecule has 0 radical (unpaired) electrons. The lowest BCUT2D eigenvalue weighted by molar-refractivity contribution is 0.0963. The standard InChI is InChI=1S/C21H28N4O2.HI/c1-15-8-9-18(19(12-15)27-4)14-25-21(23-3)24-11-10-16-6-5-7-17(13-16)20(26)22-2;/h5-9,12-13H,10-11,14H2,1-4H3,(H,22,26)(H2,23,24,25);1H. The van der Waals surface area contributed by atoms with Crippen LogP contribution in [0, 0.1) is 6.92 Å². The first-order chi connectivity index (χ1) is 13.1. The van der Waals surface area contributed by atoms with Crippen molar-refractivity contribution in [3.8, 4) is 5.75 Å². The molecule has 0 fully saturated rings. The van der Waals surface area contributed by atoms with Crippen molar-refractivity contribution in [2.75, 3.05) is 27.7 Å². The number of hydrogen-bond donors (Lipinski definition) is 3. The van der Waals surface area contributed by atoms with E-state index in [0.717, 1.165) is 34.8 Å². The molecule has 0 unspecified atom stereocenters. The molecule has 0 spiro atoms. The first-order valence-electron chi connectivity index (χ1n) is 8.96. The second-order valence-corrected chi connectivity index (χ2v) is 6.20. The molecular formula is C21H29IN4O2. The molecule has 7 heteroatoms. The van der Waals surface area contributed by atoms with Crippen LogP contribution >= 0.6 is 24.0 Å². The number of nitrogens with one attached hydrogen (secondary N) is 3. The molecule has 3 N–H and O–H groups in total. The quantitative estimate of drug-likeness (QED) is 0.313. The number of benzene rings is 2. The molecule has 0 bridgehead atoms. The van der Waals surface area contributed by atoms with E-state index in [2.05, 4.69) is 33.1 Å². The van der Waals surface area contributed by atoms with Gasteiger partial charge >= 0.3 is 0 Å². The fourth-order valence-electron chi connectivity index (χ4n) is 2.74. The van der Waals surface area contributed by atoms with E-state index in [0.29, 0.717) is 18.7 Å². The van der Waals surface area contributed by atoms with Crippen LogP contribution < -0.4 is 20.7 Å². The summed E-state index contributed by atoms with van der Waals surface area (Å²) >= 11 is 0. The van der Waals surface area contributed by atoms with Crippen LogP contribution in [0.4, 0.5) is 0 Å². The highest BCUT2D eigenvalue weighted by atomic mass is 127. The van der Waals surface area contributed by atoms with Crippen LogP contribution in [-0.2, 0) is 13.0 Å². The average molecular weight is 496 g/mol. The number of nitrogens with zero attached hydrogens (tertiary/aromatic N) is 1. The number of guanidine groups is 1. The maximum atomic E-state index is 11.7. The molecule has 6 nitrogen and oxygen atoms in total. The van der Waals surface area contributed by atoms with Crippen LogP contribution in [0.5, 0.6) is 5.75 Å². The van der Waals surface area contributed by atoms with Gasteiger partial charge < -0.3 is 20.7 Å². The summed E-state index contributed by atoms with van der Waals surface area (Å²) in [5.41, 5.74) is 4.00. The Bertz CT molecular complexity index is 809. The fraction of sp³-hybridized carbons (Fsp3) is 0.333. The lowest BCUT2D eigenvalue weighted by Gasteiger charge is -2.14. The Morgan fingerprint density at radius 1 is 1.14 bits per heavy atom. The van der Waals surface area contributed by atoms with Gasteiger partial charge in [-0.15, -0.1) is 24.0 Å². The monoisotopic (exact) mass is 496 g/mol. The molecule has 2 aromatic rings. The molecule has 1 amide bonds. The van der Waals surface area contributed by atoms with Gasteiger partial charge in [0.05, 0.1) is 7.11 Å². The van der Waals surface area contributed by atoms with Crippen LogP contribution in [0.3, 0.4) is 0 Å². The van der Waals surface area contributed by atoms with E-state index < -0.39 is 0 Å². The van der Waals surface area contributed by atoms with Crippen molar-refractivity contribution in [3.05, 3.63) is 64.7 Å². The minimum absolute atomic E-state index is 0. The first kappa shape index (κ1) is 23.7. The number of halogens is 1. The lowest BCUT2D eigenvalue weighted by atomic mass is 10.1. The zero-order chi connectivity index (χ0) is 19.6. The molecule has 0 aliphatic carbocycles. The third kappa shape index (κ3) is 7.03. The summed E-state index contributed by atoms with van der Waals surface area (Å²) in [4.78, 5) is 16.0. The lowest BCUT2D eigenvalue weighted by Crippen LogP contribution is -2.37. The predicted octanol–water partition coefficient (Wildman–Crippen LogP) is 2.89. The van der Waals surface area contributed by atoms with E-state index in [4.69, 9.17) is 4.74 Å². The van der Waals surface area contributed by atoms with E-state index >= 15 is 0 Å². The number of aryl methyl sites for hydroxylation is 1. The number of carbonyl (C=O) groups excluding carboxylic acids is 1. The van der Waals surface area contributed by atoms with Crippen LogP contribution in [-0.4, -0.2) is 39.6 Å². The molecule has 0 saturated carbocycles. The normalized spacial score (nSPS) is 10.6. The Morgan fingerprint density at radius 3 is 2.61 bits per heavy atom. The fourth-order valence-corrected chi connectivity index (χ4v) is 2.74. The number of carbonyl (C=O) groups is 1. The molecule has 0 aromatic heterocycles. The summed E-state index contributed by atoms with van der Waals surface area (Å²) in [7, 11) is 5.06. The van der Waals surface area contributed by atoms with Gasteiger partial charge in [0.15, 0.2) is 5.96 Å². The van der Waals surface area contributed by atoms with E-state index in [1.54, 1.807) is 21.2 Å². The zero-order valence-corrected chi connectivity index (χ0v) is 19.2. The van der Waals surface area contributed by atoms with Crippen molar-refractivity contribution < 1.29 is 9.53 Å². The second-order valence-electron chi connectivity index (χ2n) is 6.20. The van der Waals surface area contributed by atoms with Gasteiger partial charge in [0.25, 0.3) is 5.91 Å². The summed E-state index contributed by atoms with van der Waals surface area (Å²) in [6.45, 7) is 3.37. The first-order valence-corrected chi connectivity index (χ1v) is 8.96. The van der Waals surface area contributed by atoms with Gasteiger partial charge in [-0.25, -0.2) is 0 Å². The molecule has 0 aliphatic rings. The van der Waals surface area contributed by atoms with Crippen LogP contribution in [0.1, 0.15) is 27.0 Å². The highest BCUT2D eigenvalue weighted by molar-refractivity contribution is 14.0. The van der Waals surface area contributed by atoms with Crippen molar-refractivity contribution in [2.24, 2.45) is 4.99 Å².